The molecule has 0 saturated heterocycles. The highest BCUT2D eigenvalue weighted by molar-refractivity contribution is 6.30. The summed E-state index contributed by atoms with van der Waals surface area (Å²) < 4.78 is 5.02. The highest BCUT2D eigenvalue weighted by atomic mass is 35.5. The minimum atomic E-state index is 0.730. The number of methoxy groups -OCH3 is 1. The van der Waals surface area contributed by atoms with Gasteiger partial charge in [-0.2, -0.15) is 0 Å². The molecule has 0 atom stereocenters. The van der Waals surface area contributed by atoms with Gasteiger partial charge in [-0.1, -0.05) is 17.7 Å². The molecule has 4 heteroatoms. The van der Waals surface area contributed by atoms with Gasteiger partial charge < -0.3 is 15.0 Å². The van der Waals surface area contributed by atoms with Crippen molar-refractivity contribution < 1.29 is 4.74 Å². The van der Waals surface area contributed by atoms with E-state index in [1.807, 2.05) is 12.1 Å². The van der Waals surface area contributed by atoms with Gasteiger partial charge in [0.05, 0.1) is 6.61 Å². The average molecular weight is 271 g/mol. The zero-order valence-electron chi connectivity index (χ0n) is 11.5. The Hall–Kier alpha value is -0.770. The Bertz CT molecular complexity index is 354. The molecule has 18 heavy (non-hydrogen) atoms. The Morgan fingerprint density at radius 3 is 2.61 bits per heavy atom. The third-order valence-corrected chi connectivity index (χ3v) is 3.18. The topological polar surface area (TPSA) is 24.5 Å². The number of nitrogens with one attached hydrogen (secondary N) is 1. The summed E-state index contributed by atoms with van der Waals surface area (Å²) in [7, 11) is 1.71. The molecule has 0 saturated carbocycles. The standard InChI is InChI=1S/C14H23ClN2O/c1-4-17(5-2)14-10-13(15)7-6-12(14)11-16-8-9-18-3/h6-7,10,16H,4-5,8-9,11H2,1-3H3. The van der Waals surface area contributed by atoms with Crippen LogP contribution in [0.25, 0.3) is 0 Å². The first-order chi connectivity index (χ1) is 8.72. The third kappa shape index (κ3) is 4.48. The molecule has 0 aromatic heterocycles. The second-order valence-corrected chi connectivity index (χ2v) is 4.55. The Kier molecular flexibility index (Phi) is 7.09. The van der Waals surface area contributed by atoms with E-state index >= 15 is 0 Å². The SMILES string of the molecule is CCN(CC)c1cc(Cl)ccc1CNCCOC. The number of halogens is 1. The normalized spacial score (nSPS) is 10.7. The van der Waals surface area contributed by atoms with E-state index < -0.39 is 0 Å². The zero-order valence-corrected chi connectivity index (χ0v) is 12.3. The maximum Gasteiger partial charge on any atom is 0.0587 e. The highest BCUT2D eigenvalue weighted by Crippen LogP contribution is 2.24. The molecule has 0 fully saturated rings. The fourth-order valence-corrected chi connectivity index (χ4v) is 2.11. The van der Waals surface area contributed by atoms with Gasteiger partial charge in [-0.25, -0.2) is 0 Å². The highest BCUT2D eigenvalue weighted by Gasteiger charge is 2.08. The van der Waals surface area contributed by atoms with Crippen molar-refractivity contribution in [2.24, 2.45) is 0 Å². The number of nitrogens with zero attached hydrogens (tertiary/aromatic N) is 1. The van der Waals surface area contributed by atoms with Gasteiger partial charge in [-0.05, 0) is 31.5 Å². The molecule has 1 rings (SSSR count). The van der Waals surface area contributed by atoms with Gasteiger partial charge in [-0.3, -0.25) is 0 Å². The van der Waals surface area contributed by atoms with Crippen molar-refractivity contribution in [2.45, 2.75) is 20.4 Å². The number of hydrogen-bond donors (Lipinski definition) is 1. The summed E-state index contributed by atoms with van der Waals surface area (Å²) in [6.45, 7) is 8.72. The number of ether oxygens (including phenoxy) is 1. The van der Waals surface area contributed by atoms with Gasteiger partial charge in [0, 0.05) is 44.0 Å². The fraction of sp³-hybridized carbons (Fsp3) is 0.571. The van der Waals surface area contributed by atoms with Crippen LogP contribution in [0.5, 0.6) is 0 Å². The van der Waals surface area contributed by atoms with Crippen LogP contribution in [-0.4, -0.2) is 33.4 Å². The van der Waals surface area contributed by atoms with Crippen molar-refractivity contribution in [3.05, 3.63) is 28.8 Å². The zero-order chi connectivity index (χ0) is 13.4. The second-order valence-electron chi connectivity index (χ2n) is 4.11. The lowest BCUT2D eigenvalue weighted by Gasteiger charge is -2.24. The van der Waals surface area contributed by atoms with Crippen LogP contribution in [0.15, 0.2) is 18.2 Å². The Morgan fingerprint density at radius 1 is 1.28 bits per heavy atom. The maximum atomic E-state index is 6.09. The molecule has 0 aliphatic carbocycles. The molecule has 1 aromatic rings. The first-order valence-electron chi connectivity index (χ1n) is 6.45. The molecule has 0 heterocycles. The Labute approximate surface area is 115 Å². The van der Waals surface area contributed by atoms with Crippen LogP contribution in [0, 0.1) is 0 Å². The average Bonchev–Trinajstić information content (AvgIpc) is 2.38. The molecule has 0 spiro atoms. The van der Waals surface area contributed by atoms with E-state index in [0.717, 1.165) is 37.8 Å². The van der Waals surface area contributed by atoms with E-state index in [2.05, 4.69) is 30.1 Å². The first kappa shape index (κ1) is 15.3. The quantitative estimate of drug-likeness (QED) is 0.735. The van der Waals surface area contributed by atoms with E-state index in [9.17, 15) is 0 Å². The number of hydrogen-bond acceptors (Lipinski definition) is 3. The molecule has 0 radical (unpaired) electrons. The molecule has 1 aromatic carbocycles. The lowest BCUT2D eigenvalue weighted by atomic mass is 10.1. The molecule has 0 aliphatic rings. The Balaban J connectivity index is 2.76. The Morgan fingerprint density at radius 2 is 2.00 bits per heavy atom. The lowest BCUT2D eigenvalue weighted by Crippen LogP contribution is -2.25. The molecular formula is C14H23ClN2O. The van der Waals surface area contributed by atoms with Gasteiger partial charge in [-0.15, -0.1) is 0 Å². The van der Waals surface area contributed by atoms with E-state index in [0.29, 0.717) is 0 Å². The molecule has 102 valence electrons. The fourth-order valence-electron chi connectivity index (χ4n) is 1.94. The van der Waals surface area contributed by atoms with E-state index in [-0.39, 0.29) is 0 Å². The van der Waals surface area contributed by atoms with E-state index in [1.54, 1.807) is 7.11 Å². The van der Waals surface area contributed by atoms with Crippen LogP contribution in [0.2, 0.25) is 5.02 Å². The summed E-state index contributed by atoms with van der Waals surface area (Å²) >= 11 is 6.09. The van der Waals surface area contributed by atoms with Crippen molar-refractivity contribution in [1.82, 2.24) is 5.32 Å². The van der Waals surface area contributed by atoms with Crippen molar-refractivity contribution >= 4 is 17.3 Å². The van der Waals surface area contributed by atoms with Crippen molar-refractivity contribution in [1.29, 1.82) is 0 Å². The molecule has 0 amide bonds. The molecular weight excluding hydrogens is 248 g/mol. The summed E-state index contributed by atoms with van der Waals surface area (Å²) in [5, 5.41) is 4.16. The van der Waals surface area contributed by atoms with E-state index in [4.69, 9.17) is 16.3 Å². The minimum absolute atomic E-state index is 0.730. The van der Waals surface area contributed by atoms with Crippen LogP contribution in [0.1, 0.15) is 19.4 Å². The summed E-state index contributed by atoms with van der Waals surface area (Å²) in [4.78, 5) is 2.32. The molecule has 0 aliphatic heterocycles. The van der Waals surface area contributed by atoms with Crippen LogP contribution in [0.4, 0.5) is 5.69 Å². The largest absolute Gasteiger partial charge is 0.383 e. The number of anilines is 1. The van der Waals surface area contributed by atoms with Crippen LogP contribution in [-0.2, 0) is 11.3 Å². The summed E-state index contributed by atoms with van der Waals surface area (Å²) in [6, 6.07) is 6.08. The molecule has 0 bridgehead atoms. The van der Waals surface area contributed by atoms with Crippen LogP contribution >= 0.6 is 11.6 Å². The van der Waals surface area contributed by atoms with Gasteiger partial charge in [0.25, 0.3) is 0 Å². The van der Waals surface area contributed by atoms with Gasteiger partial charge in [0.15, 0.2) is 0 Å². The monoisotopic (exact) mass is 270 g/mol. The van der Waals surface area contributed by atoms with Gasteiger partial charge in [0.1, 0.15) is 0 Å². The first-order valence-corrected chi connectivity index (χ1v) is 6.83. The third-order valence-electron chi connectivity index (χ3n) is 2.95. The maximum absolute atomic E-state index is 6.09. The minimum Gasteiger partial charge on any atom is -0.383 e. The second kappa shape index (κ2) is 8.35. The van der Waals surface area contributed by atoms with Gasteiger partial charge in [0.2, 0.25) is 0 Å². The predicted molar refractivity (Wildman–Crippen MR) is 78.6 cm³/mol. The smallest absolute Gasteiger partial charge is 0.0587 e. The molecule has 0 unspecified atom stereocenters. The van der Waals surface area contributed by atoms with Crippen molar-refractivity contribution in [3.8, 4) is 0 Å². The molecule has 1 N–H and O–H groups in total. The summed E-state index contributed by atoms with van der Waals surface area (Å²) in [5.74, 6) is 0. The van der Waals surface area contributed by atoms with Crippen molar-refractivity contribution in [3.63, 3.8) is 0 Å². The lowest BCUT2D eigenvalue weighted by molar-refractivity contribution is 0.199. The predicted octanol–water partition coefficient (Wildman–Crippen LogP) is 2.92. The number of rotatable bonds is 8. The molecule has 3 nitrogen and oxygen atoms in total. The van der Waals surface area contributed by atoms with Crippen molar-refractivity contribution in [2.75, 3.05) is 38.3 Å². The summed E-state index contributed by atoms with van der Waals surface area (Å²) in [6.07, 6.45) is 0. The van der Waals surface area contributed by atoms with Crippen LogP contribution in [0.3, 0.4) is 0 Å². The van der Waals surface area contributed by atoms with Gasteiger partial charge >= 0.3 is 0 Å². The summed E-state index contributed by atoms with van der Waals surface area (Å²) in [5.41, 5.74) is 2.50. The van der Waals surface area contributed by atoms with Crippen LogP contribution < -0.4 is 10.2 Å². The van der Waals surface area contributed by atoms with E-state index in [1.165, 1.54) is 11.3 Å². The number of benzene rings is 1.